The van der Waals surface area contributed by atoms with Crippen LogP contribution in [-0.2, 0) is 4.74 Å². The number of amides is 2. The SMILES string of the molecule is CC(C)(C)OC(=O)N1CCC2(CC1)CCN(C(=O)c1cc(C3CCCCC3)[nH]n1)CC2. The average molecular weight is 431 g/mol. The molecular weight excluding hydrogens is 392 g/mol. The predicted octanol–water partition coefficient (Wildman–Crippen LogP) is 4.71. The minimum Gasteiger partial charge on any atom is -0.444 e. The summed E-state index contributed by atoms with van der Waals surface area (Å²) in [5.41, 5.74) is 1.48. The zero-order valence-corrected chi connectivity index (χ0v) is 19.4. The van der Waals surface area contributed by atoms with Crippen LogP contribution in [0.25, 0.3) is 0 Å². The number of aromatic amines is 1. The second kappa shape index (κ2) is 8.83. The Labute approximate surface area is 185 Å². The lowest BCUT2D eigenvalue weighted by Gasteiger charge is -2.46. The van der Waals surface area contributed by atoms with Crippen molar-refractivity contribution in [3.8, 4) is 0 Å². The number of H-pyrrole nitrogens is 1. The van der Waals surface area contributed by atoms with Crippen LogP contribution in [0, 0.1) is 5.41 Å². The van der Waals surface area contributed by atoms with E-state index in [9.17, 15) is 9.59 Å². The van der Waals surface area contributed by atoms with Gasteiger partial charge in [-0.05, 0) is 70.8 Å². The second-order valence-electron chi connectivity index (χ2n) is 10.8. The smallest absolute Gasteiger partial charge is 0.410 e. The van der Waals surface area contributed by atoms with E-state index in [4.69, 9.17) is 4.74 Å². The van der Waals surface area contributed by atoms with E-state index < -0.39 is 5.60 Å². The lowest BCUT2D eigenvalue weighted by atomic mass is 9.71. The summed E-state index contributed by atoms with van der Waals surface area (Å²) in [6.45, 7) is 8.75. The number of hydrogen-bond acceptors (Lipinski definition) is 4. The number of hydrogen-bond donors (Lipinski definition) is 1. The molecule has 4 rings (SSSR count). The molecule has 0 unspecified atom stereocenters. The van der Waals surface area contributed by atoms with Crippen molar-refractivity contribution in [1.29, 1.82) is 0 Å². The summed E-state index contributed by atoms with van der Waals surface area (Å²) in [6, 6.07) is 1.99. The molecule has 0 atom stereocenters. The highest BCUT2D eigenvalue weighted by Gasteiger charge is 2.40. The van der Waals surface area contributed by atoms with Crippen LogP contribution in [0.4, 0.5) is 4.79 Å². The van der Waals surface area contributed by atoms with Gasteiger partial charge in [-0.25, -0.2) is 4.79 Å². The standard InChI is InChI=1S/C24H38N4O3/c1-23(2,3)31-22(30)28-15-11-24(12-16-28)9-13-27(14-10-24)21(29)20-17-19(25-26-20)18-7-5-4-6-8-18/h17-18H,4-16H2,1-3H3,(H,25,26). The number of carbonyl (C=O) groups is 2. The number of carbonyl (C=O) groups excluding carboxylic acids is 2. The van der Waals surface area contributed by atoms with Crippen LogP contribution < -0.4 is 0 Å². The zero-order valence-electron chi connectivity index (χ0n) is 19.4. The molecule has 1 aromatic rings. The average Bonchev–Trinajstić information content (AvgIpc) is 3.24. The molecule has 2 saturated heterocycles. The van der Waals surface area contributed by atoms with Gasteiger partial charge in [-0.1, -0.05) is 19.3 Å². The van der Waals surface area contributed by atoms with Crippen LogP contribution in [0.15, 0.2) is 6.07 Å². The van der Waals surface area contributed by atoms with Crippen molar-refractivity contribution < 1.29 is 14.3 Å². The fourth-order valence-corrected chi connectivity index (χ4v) is 5.41. The number of ether oxygens (including phenoxy) is 1. The molecular formula is C24H38N4O3. The summed E-state index contributed by atoms with van der Waals surface area (Å²) in [7, 11) is 0. The van der Waals surface area contributed by atoms with Gasteiger partial charge in [0, 0.05) is 37.8 Å². The fourth-order valence-electron chi connectivity index (χ4n) is 5.41. The monoisotopic (exact) mass is 430 g/mol. The molecule has 0 bridgehead atoms. The number of nitrogens with one attached hydrogen (secondary N) is 1. The molecule has 0 radical (unpaired) electrons. The number of rotatable bonds is 2. The van der Waals surface area contributed by atoms with Crippen LogP contribution in [-0.4, -0.2) is 63.8 Å². The van der Waals surface area contributed by atoms with E-state index in [1.165, 1.54) is 32.1 Å². The summed E-state index contributed by atoms with van der Waals surface area (Å²) < 4.78 is 5.52. The third-order valence-electron chi connectivity index (χ3n) is 7.45. The van der Waals surface area contributed by atoms with Crippen molar-refractivity contribution >= 4 is 12.0 Å². The topological polar surface area (TPSA) is 78.5 Å². The van der Waals surface area contributed by atoms with E-state index in [0.29, 0.717) is 11.6 Å². The van der Waals surface area contributed by atoms with Gasteiger partial charge < -0.3 is 14.5 Å². The largest absolute Gasteiger partial charge is 0.444 e. The Hall–Kier alpha value is -2.05. The zero-order chi connectivity index (χ0) is 22.1. The second-order valence-corrected chi connectivity index (χ2v) is 10.8. The third kappa shape index (κ3) is 5.24. The highest BCUT2D eigenvalue weighted by Crippen LogP contribution is 2.41. The summed E-state index contributed by atoms with van der Waals surface area (Å²) >= 11 is 0. The molecule has 7 nitrogen and oxygen atoms in total. The Kier molecular flexibility index (Phi) is 6.31. The Balaban J connectivity index is 1.27. The van der Waals surface area contributed by atoms with E-state index in [0.717, 1.165) is 57.6 Å². The highest BCUT2D eigenvalue weighted by atomic mass is 16.6. The van der Waals surface area contributed by atoms with Gasteiger partial charge >= 0.3 is 6.09 Å². The molecule has 3 heterocycles. The minimum absolute atomic E-state index is 0.0550. The molecule has 1 spiro atoms. The highest BCUT2D eigenvalue weighted by molar-refractivity contribution is 5.92. The first-order valence-corrected chi connectivity index (χ1v) is 12.1. The van der Waals surface area contributed by atoms with Gasteiger partial charge in [0.15, 0.2) is 0 Å². The molecule has 1 N–H and O–H groups in total. The number of aromatic nitrogens is 2. The summed E-state index contributed by atoms with van der Waals surface area (Å²) in [4.78, 5) is 29.2. The lowest BCUT2D eigenvalue weighted by Crippen LogP contribution is -2.50. The van der Waals surface area contributed by atoms with Gasteiger partial charge in [-0.15, -0.1) is 0 Å². The Morgan fingerprint density at radius 2 is 1.58 bits per heavy atom. The maximum Gasteiger partial charge on any atom is 0.410 e. The normalized spacial score (nSPS) is 22.5. The Morgan fingerprint density at radius 1 is 1.00 bits per heavy atom. The minimum atomic E-state index is -0.457. The van der Waals surface area contributed by atoms with Gasteiger partial charge in [0.1, 0.15) is 11.3 Å². The summed E-state index contributed by atoms with van der Waals surface area (Å²) in [5, 5.41) is 7.49. The van der Waals surface area contributed by atoms with E-state index >= 15 is 0 Å². The maximum atomic E-state index is 13.0. The van der Waals surface area contributed by atoms with Crippen LogP contribution in [0.5, 0.6) is 0 Å². The number of likely N-dealkylation sites (tertiary alicyclic amines) is 2. The lowest BCUT2D eigenvalue weighted by molar-refractivity contribution is -0.00119. The number of piperidine rings is 2. The van der Waals surface area contributed by atoms with Gasteiger partial charge in [0.05, 0.1) is 0 Å². The molecule has 7 heteroatoms. The van der Waals surface area contributed by atoms with Crippen LogP contribution in [0.2, 0.25) is 0 Å². The molecule has 31 heavy (non-hydrogen) atoms. The fraction of sp³-hybridized carbons (Fsp3) is 0.792. The predicted molar refractivity (Wildman–Crippen MR) is 119 cm³/mol. The molecule has 172 valence electrons. The summed E-state index contributed by atoms with van der Waals surface area (Å²) in [6.07, 6.45) is 10.0. The first-order chi connectivity index (χ1) is 14.7. The molecule has 1 saturated carbocycles. The van der Waals surface area contributed by atoms with Gasteiger partial charge in [-0.3, -0.25) is 9.89 Å². The molecule has 2 amide bonds. The van der Waals surface area contributed by atoms with E-state index in [2.05, 4.69) is 10.2 Å². The summed E-state index contributed by atoms with van der Waals surface area (Å²) in [5.74, 6) is 0.585. The molecule has 1 aliphatic carbocycles. The van der Waals surface area contributed by atoms with Crippen LogP contribution in [0.1, 0.15) is 101 Å². The van der Waals surface area contributed by atoms with Crippen LogP contribution in [0.3, 0.4) is 0 Å². The molecule has 0 aromatic carbocycles. The molecule has 1 aromatic heterocycles. The van der Waals surface area contributed by atoms with Crippen LogP contribution >= 0.6 is 0 Å². The van der Waals surface area contributed by atoms with Crippen molar-refractivity contribution in [3.05, 3.63) is 17.5 Å². The van der Waals surface area contributed by atoms with Crippen molar-refractivity contribution in [3.63, 3.8) is 0 Å². The maximum absolute atomic E-state index is 13.0. The third-order valence-corrected chi connectivity index (χ3v) is 7.45. The molecule has 3 fully saturated rings. The van der Waals surface area contributed by atoms with Crippen molar-refractivity contribution in [2.75, 3.05) is 26.2 Å². The van der Waals surface area contributed by atoms with Crippen molar-refractivity contribution in [2.45, 2.75) is 90.1 Å². The van der Waals surface area contributed by atoms with E-state index in [1.807, 2.05) is 36.6 Å². The van der Waals surface area contributed by atoms with Gasteiger partial charge in [0.25, 0.3) is 5.91 Å². The van der Waals surface area contributed by atoms with Gasteiger partial charge in [-0.2, -0.15) is 5.10 Å². The number of nitrogens with zero attached hydrogens (tertiary/aromatic N) is 3. The molecule has 2 aliphatic heterocycles. The molecule has 3 aliphatic rings. The first kappa shape index (κ1) is 22.2. The Morgan fingerprint density at radius 3 is 2.16 bits per heavy atom. The first-order valence-electron chi connectivity index (χ1n) is 12.1. The Bertz CT molecular complexity index is 773. The van der Waals surface area contributed by atoms with Crippen molar-refractivity contribution in [2.24, 2.45) is 5.41 Å². The van der Waals surface area contributed by atoms with Crippen molar-refractivity contribution in [1.82, 2.24) is 20.0 Å². The quantitative estimate of drug-likeness (QED) is 0.737. The van der Waals surface area contributed by atoms with E-state index in [1.54, 1.807) is 0 Å². The van der Waals surface area contributed by atoms with E-state index in [-0.39, 0.29) is 17.4 Å². The van der Waals surface area contributed by atoms with Gasteiger partial charge in [0.2, 0.25) is 0 Å².